The van der Waals surface area contributed by atoms with Crippen molar-refractivity contribution in [3.63, 3.8) is 0 Å². The lowest BCUT2D eigenvalue weighted by Gasteiger charge is -2.31. The molecular formula is C21H27N3O3. The van der Waals surface area contributed by atoms with Gasteiger partial charge in [-0.3, -0.25) is 9.48 Å². The number of aryl methyl sites for hydroxylation is 2. The predicted molar refractivity (Wildman–Crippen MR) is 102 cm³/mol. The average Bonchev–Trinajstić information content (AvgIpc) is 3.27. The summed E-state index contributed by atoms with van der Waals surface area (Å²) in [5.41, 5.74) is 3.14. The van der Waals surface area contributed by atoms with Crippen molar-refractivity contribution in [2.45, 2.75) is 51.5 Å². The van der Waals surface area contributed by atoms with Gasteiger partial charge < -0.3 is 14.8 Å². The van der Waals surface area contributed by atoms with Crippen molar-refractivity contribution in [2.24, 2.45) is 0 Å². The Morgan fingerprint density at radius 1 is 1.15 bits per heavy atom. The average molecular weight is 369 g/mol. The molecular weight excluding hydrogens is 342 g/mol. The van der Waals surface area contributed by atoms with Gasteiger partial charge in [0.2, 0.25) is 5.91 Å². The third kappa shape index (κ3) is 3.66. The van der Waals surface area contributed by atoms with Crippen LogP contribution in [0.15, 0.2) is 24.3 Å². The number of ether oxygens (including phenoxy) is 2. The normalized spacial score (nSPS) is 17.7. The first-order chi connectivity index (χ1) is 13.1. The Labute approximate surface area is 159 Å². The molecule has 1 aromatic carbocycles. The molecule has 0 bridgehead atoms. The largest absolute Gasteiger partial charge is 0.486 e. The molecule has 2 heterocycles. The number of hydrogen-bond donors (Lipinski definition) is 1. The maximum Gasteiger partial charge on any atom is 0.241 e. The molecule has 1 aliphatic carbocycles. The van der Waals surface area contributed by atoms with Gasteiger partial charge in [-0.15, -0.1) is 0 Å². The van der Waals surface area contributed by atoms with Crippen LogP contribution < -0.4 is 14.8 Å². The number of aromatic nitrogens is 2. The van der Waals surface area contributed by atoms with Crippen LogP contribution in [0.5, 0.6) is 11.5 Å². The lowest BCUT2D eigenvalue weighted by atomic mass is 9.78. The number of fused-ring (bicyclic) bond motifs is 1. The summed E-state index contributed by atoms with van der Waals surface area (Å²) in [4.78, 5) is 12.5. The Morgan fingerprint density at radius 3 is 2.59 bits per heavy atom. The van der Waals surface area contributed by atoms with Crippen LogP contribution in [-0.4, -0.2) is 35.4 Å². The second-order valence-corrected chi connectivity index (χ2v) is 7.71. The number of nitrogens with one attached hydrogen (secondary N) is 1. The van der Waals surface area contributed by atoms with Crippen LogP contribution in [0.4, 0.5) is 0 Å². The highest BCUT2D eigenvalue weighted by Gasteiger charge is 2.36. The van der Waals surface area contributed by atoms with Crippen molar-refractivity contribution >= 4 is 5.91 Å². The van der Waals surface area contributed by atoms with Gasteiger partial charge >= 0.3 is 0 Å². The predicted octanol–water partition coefficient (Wildman–Crippen LogP) is 2.90. The second kappa shape index (κ2) is 7.25. The van der Waals surface area contributed by atoms with Crippen LogP contribution in [0, 0.1) is 13.8 Å². The highest BCUT2D eigenvalue weighted by atomic mass is 16.6. The molecule has 1 aliphatic heterocycles. The van der Waals surface area contributed by atoms with Gasteiger partial charge in [0.1, 0.15) is 19.8 Å². The second-order valence-electron chi connectivity index (χ2n) is 7.71. The molecule has 6 heteroatoms. The molecule has 0 saturated heterocycles. The fourth-order valence-electron chi connectivity index (χ4n) is 4.29. The van der Waals surface area contributed by atoms with E-state index in [0.717, 1.165) is 35.7 Å². The number of hydrogen-bond acceptors (Lipinski definition) is 4. The Kier molecular flexibility index (Phi) is 4.81. The van der Waals surface area contributed by atoms with Crippen molar-refractivity contribution in [3.05, 3.63) is 41.2 Å². The molecule has 0 unspecified atom stereocenters. The van der Waals surface area contributed by atoms with Crippen molar-refractivity contribution in [2.75, 3.05) is 19.8 Å². The third-order valence-electron chi connectivity index (χ3n) is 5.74. The Balaban J connectivity index is 1.47. The van der Waals surface area contributed by atoms with E-state index in [-0.39, 0.29) is 17.9 Å². The number of carbonyl (C=O) groups excluding carboxylic acids is 1. The van der Waals surface area contributed by atoms with Crippen molar-refractivity contribution in [3.8, 4) is 11.5 Å². The Bertz CT molecular complexity index is 837. The third-order valence-corrected chi connectivity index (χ3v) is 5.74. The summed E-state index contributed by atoms with van der Waals surface area (Å²) in [6.45, 7) is 6.00. The van der Waals surface area contributed by atoms with Gasteiger partial charge in [0, 0.05) is 17.7 Å². The zero-order chi connectivity index (χ0) is 18.9. The van der Waals surface area contributed by atoms with Gasteiger partial charge in [-0.1, -0.05) is 18.9 Å². The van der Waals surface area contributed by atoms with Gasteiger partial charge in [0.15, 0.2) is 11.5 Å². The Hall–Kier alpha value is -2.50. The fraction of sp³-hybridized carbons (Fsp3) is 0.524. The van der Waals surface area contributed by atoms with E-state index in [1.165, 1.54) is 18.4 Å². The molecule has 144 valence electrons. The first-order valence-electron chi connectivity index (χ1n) is 9.74. The number of nitrogens with zero attached hydrogens (tertiary/aromatic N) is 2. The highest BCUT2D eigenvalue weighted by Crippen LogP contribution is 2.43. The molecule has 0 atom stereocenters. The van der Waals surface area contributed by atoms with Crippen molar-refractivity contribution in [1.82, 2.24) is 15.1 Å². The first-order valence-corrected chi connectivity index (χ1v) is 9.74. The summed E-state index contributed by atoms with van der Waals surface area (Å²) in [5.74, 6) is 1.63. The van der Waals surface area contributed by atoms with Crippen LogP contribution in [0.2, 0.25) is 0 Å². The number of benzene rings is 1. The minimum absolute atomic E-state index is 0.00465. The quantitative estimate of drug-likeness (QED) is 0.880. The highest BCUT2D eigenvalue weighted by molar-refractivity contribution is 5.75. The van der Waals surface area contributed by atoms with Crippen LogP contribution in [-0.2, 0) is 16.8 Å². The molecule has 4 rings (SSSR count). The van der Waals surface area contributed by atoms with Crippen LogP contribution in [0.25, 0.3) is 0 Å². The van der Waals surface area contributed by atoms with E-state index in [0.29, 0.717) is 19.8 Å². The van der Waals surface area contributed by atoms with Gasteiger partial charge in [-0.2, -0.15) is 5.10 Å². The molecule has 1 N–H and O–H groups in total. The zero-order valence-electron chi connectivity index (χ0n) is 16.1. The van der Waals surface area contributed by atoms with Crippen LogP contribution in [0.1, 0.15) is 42.6 Å². The standard InChI is InChI=1S/C21H27N3O3/c1-15-11-16(2)24(23-15)13-20(25)22-14-21(7-3-4-8-21)17-5-6-18-19(12-17)27-10-9-26-18/h5-6,11-12H,3-4,7-10,13-14H2,1-2H3,(H,22,25). The van der Waals surface area contributed by atoms with Gasteiger partial charge in [-0.05, 0) is 50.5 Å². The maximum absolute atomic E-state index is 12.5. The van der Waals surface area contributed by atoms with Crippen molar-refractivity contribution < 1.29 is 14.3 Å². The van der Waals surface area contributed by atoms with E-state index in [2.05, 4.69) is 22.5 Å². The van der Waals surface area contributed by atoms with E-state index in [9.17, 15) is 4.79 Å². The summed E-state index contributed by atoms with van der Waals surface area (Å²) in [6.07, 6.45) is 4.52. The van der Waals surface area contributed by atoms with E-state index in [1.54, 1.807) is 4.68 Å². The molecule has 6 nitrogen and oxygen atoms in total. The van der Waals surface area contributed by atoms with Crippen LogP contribution >= 0.6 is 0 Å². The minimum atomic E-state index is -0.0272. The SMILES string of the molecule is Cc1cc(C)n(CC(=O)NCC2(c3ccc4c(c3)OCCO4)CCCC2)n1. The molecule has 27 heavy (non-hydrogen) atoms. The molecule has 2 aromatic rings. The summed E-state index contributed by atoms with van der Waals surface area (Å²) in [5, 5.41) is 7.54. The number of carbonyl (C=O) groups is 1. The molecule has 2 aliphatic rings. The lowest BCUT2D eigenvalue weighted by molar-refractivity contribution is -0.122. The zero-order valence-corrected chi connectivity index (χ0v) is 16.1. The van der Waals surface area contributed by atoms with Gasteiger partial charge in [-0.25, -0.2) is 0 Å². The molecule has 0 spiro atoms. The molecule has 1 amide bonds. The number of rotatable bonds is 5. The summed E-state index contributed by atoms with van der Waals surface area (Å²) < 4.78 is 13.2. The summed E-state index contributed by atoms with van der Waals surface area (Å²) in [6, 6.07) is 8.22. The number of amides is 1. The molecule has 1 saturated carbocycles. The summed E-state index contributed by atoms with van der Waals surface area (Å²) >= 11 is 0. The lowest BCUT2D eigenvalue weighted by Crippen LogP contribution is -2.40. The minimum Gasteiger partial charge on any atom is -0.486 e. The summed E-state index contributed by atoms with van der Waals surface area (Å²) in [7, 11) is 0. The fourth-order valence-corrected chi connectivity index (χ4v) is 4.29. The van der Waals surface area contributed by atoms with Crippen molar-refractivity contribution in [1.29, 1.82) is 0 Å². The van der Waals surface area contributed by atoms with Crippen LogP contribution in [0.3, 0.4) is 0 Å². The van der Waals surface area contributed by atoms with E-state index in [4.69, 9.17) is 9.47 Å². The maximum atomic E-state index is 12.5. The molecule has 0 radical (unpaired) electrons. The van der Waals surface area contributed by atoms with E-state index < -0.39 is 0 Å². The van der Waals surface area contributed by atoms with E-state index >= 15 is 0 Å². The van der Waals surface area contributed by atoms with Gasteiger partial charge in [0.05, 0.1) is 5.69 Å². The Morgan fingerprint density at radius 2 is 1.89 bits per heavy atom. The topological polar surface area (TPSA) is 65.4 Å². The molecule has 1 fully saturated rings. The van der Waals surface area contributed by atoms with Gasteiger partial charge in [0.25, 0.3) is 0 Å². The smallest absolute Gasteiger partial charge is 0.241 e. The van der Waals surface area contributed by atoms with E-state index in [1.807, 2.05) is 26.0 Å². The first kappa shape index (κ1) is 17.9. The monoisotopic (exact) mass is 369 g/mol. The molecule has 1 aromatic heterocycles.